The number of nitrogens with one attached hydrogen (secondary N) is 3. The van der Waals surface area contributed by atoms with E-state index < -0.39 is 72.7 Å². The van der Waals surface area contributed by atoms with Crippen molar-refractivity contribution in [3.05, 3.63) is 103 Å². The summed E-state index contributed by atoms with van der Waals surface area (Å²) < 4.78 is 161. The summed E-state index contributed by atoms with van der Waals surface area (Å²) in [5.41, 5.74) is 1.35. The average Bonchev–Trinajstić information content (AvgIpc) is 3.15. The lowest BCUT2D eigenvalue weighted by molar-refractivity contribution is 0.284. The van der Waals surface area contributed by atoms with Crippen LogP contribution in [0.15, 0.2) is 127 Å². The Morgan fingerprint density at radius 1 is 0.548 bits per heavy atom. The van der Waals surface area contributed by atoms with Gasteiger partial charge in [-0.25, -0.2) is 12.6 Å². The van der Waals surface area contributed by atoms with Crippen LogP contribution in [0.4, 0.5) is 46.3 Å². The number of fused-ring (bicyclic) bond motifs is 1. The molecule has 0 spiro atoms. The Balaban J connectivity index is 1.30. The van der Waals surface area contributed by atoms with Crippen LogP contribution < -0.4 is 16.0 Å². The van der Waals surface area contributed by atoms with Crippen molar-refractivity contribution in [1.82, 2.24) is 15.0 Å². The summed E-state index contributed by atoms with van der Waals surface area (Å²) in [5, 5.41) is 16.5. The monoisotopic (exact) mass is 950 g/mol. The number of nitrogens with zero attached hydrogens (tertiary/aromatic N) is 5. The quantitative estimate of drug-likeness (QED) is 0.0477. The van der Waals surface area contributed by atoms with Crippen LogP contribution in [0.25, 0.3) is 10.8 Å². The second-order valence-corrected chi connectivity index (χ2v) is 20.1. The first-order chi connectivity index (χ1) is 28.8. The molecule has 0 fully saturated rings. The van der Waals surface area contributed by atoms with Crippen molar-refractivity contribution in [2.45, 2.75) is 26.5 Å². The molecule has 0 atom stereocenters. The van der Waals surface area contributed by atoms with Crippen molar-refractivity contribution in [2.75, 3.05) is 28.3 Å². The summed E-state index contributed by atoms with van der Waals surface area (Å²) in [7, 11) is -23.2. The van der Waals surface area contributed by atoms with Crippen LogP contribution >= 0.6 is 0 Å². The van der Waals surface area contributed by atoms with Crippen LogP contribution in [0.2, 0.25) is 0 Å². The minimum atomic E-state index is -4.90. The van der Waals surface area contributed by atoms with E-state index in [9.17, 15) is 55.7 Å². The number of aryl methyl sites for hydroxylation is 1. The summed E-state index contributed by atoms with van der Waals surface area (Å²) >= 11 is 0. The van der Waals surface area contributed by atoms with E-state index in [-0.39, 0.29) is 61.2 Å². The molecule has 23 nitrogen and oxygen atoms in total. The maximum absolute atomic E-state index is 12.9. The Bertz CT molecular complexity index is 3340. The number of hydrogen-bond acceptors (Lipinski definition) is 19. The van der Waals surface area contributed by atoms with Gasteiger partial charge in [0.05, 0.1) is 33.5 Å². The van der Waals surface area contributed by atoms with Gasteiger partial charge in [-0.3, -0.25) is 18.2 Å². The van der Waals surface area contributed by atoms with Gasteiger partial charge in [-0.05, 0) is 91.3 Å². The fraction of sp³-hybridized carbons (Fsp3) is 0.0882. The van der Waals surface area contributed by atoms with E-state index in [1.807, 2.05) is 0 Å². The van der Waals surface area contributed by atoms with E-state index in [0.29, 0.717) is 11.3 Å². The SMILES string of the molecule is Cc1cc(Nc2nc(Nc3ccc(S(=O)(=O)O)cc3)nc(Nc3cccc(S(=O)(=O)CCOS(=O)(=O)O)c3)n2)ccc1N=Nc1cc(S(=O)(=O)O)c2cccc(S(=O)(=O)O)c2c1. The summed E-state index contributed by atoms with van der Waals surface area (Å²) in [6.07, 6.45) is 0. The van der Waals surface area contributed by atoms with E-state index in [4.69, 9.17) is 4.55 Å². The zero-order valence-electron chi connectivity index (χ0n) is 31.2. The molecule has 0 radical (unpaired) electrons. The molecule has 0 aliphatic carbocycles. The maximum atomic E-state index is 12.9. The Labute approximate surface area is 353 Å². The van der Waals surface area contributed by atoms with Crippen molar-refractivity contribution in [2.24, 2.45) is 10.2 Å². The second kappa shape index (κ2) is 17.4. The Kier molecular flexibility index (Phi) is 12.7. The predicted molar refractivity (Wildman–Crippen MR) is 221 cm³/mol. The molecule has 62 heavy (non-hydrogen) atoms. The molecular weight excluding hydrogens is 921 g/mol. The van der Waals surface area contributed by atoms with E-state index in [2.05, 4.69) is 45.3 Å². The van der Waals surface area contributed by atoms with Gasteiger partial charge < -0.3 is 16.0 Å². The molecule has 1 aromatic heterocycles. The van der Waals surface area contributed by atoms with Crippen LogP contribution in [0.1, 0.15) is 5.56 Å². The molecule has 5 aromatic carbocycles. The standard InChI is InChI=1S/C34H30N8O15S5/c1-20-16-23(10-13-29(20)42-41-24-18-28-27(31(19-24)61(51,52)53)6-3-7-30(28)60(48,49)50)37-34-39-32(35-21-8-11-25(12-9-21)59(45,46)47)38-33(40-34)36-22-4-2-5-26(17-22)58(43,44)15-14-57-62(54,55)56/h2-13,16-19H,14-15H2,1H3,(H,45,46,47)(H,48,49,50)(H,51,52,53)(H,54,55,56)(H3,35,36,37,38,39,40). The summed E-state index contributed by atoms with van der Waals surface area (Å²) in [6, 6.07) is 20.4. The topological polar surface area (TPSA) is 360 Å². The molecular formula is C34H30N8O15S5. The first kappa shape index (κ1) is 45.4. The average molecular weight is 951 g/mol. The van der Waals surface area contributed by atoms with E-state index >= 15 is 0 Å². The predicted octanol–water partition coefficient (Wildman–Crippen LogP) is 5.31. The largest absolute Gasteiger partial charge is 0.397 e. The Morgan fingerprint density at radius 2 is 1.11 bits per heavy atom. The number of hydrogen-bond donors (Lipinski definition) is 7. The molecule has 1 heterocycles. The highest BCUT2D eigenvalue weighted by Gasteiger charge is 2.22. The third-order valence-corrected chi connectivity index (χ3v) is 13.1. The van der Waals surface area contributed by atoms with Gasteiger partial charge in [-0.15, -0.1) is 0 Å². The minimum Gasteiger partial charge on any atom is -0.324 e. The highest BCUT2D eigenvalue weighted by Crippen LogP contribution is 2.35. The van der Waals surface area contributed by atoms with Gasteiger partial charge in [0.25, 0.3) is 30.4 Å². The van der Waals surface area contributed by atoms with Gasteiger partial charge >= 0.3 is 10.4 Å². The molecule has 6 aromatic rings. The summed E-state index contributed by atoms with van der Waals surface area (Å²) in [4.78, 5) is 11.1. The first-order valence-corrected chi connectivity index (χ1v) is 24.3. The van der Waals surface area contributed by atoms with Crippen LogP contribution in [0.5, 0.6) is 0 Å². The molecule has 0 amide bonds. The molecule has 0 bridgehead atoms. The van der Waals surface area contributed by atoms with E-state index in [1.165, 1.54) is 66.7 Å². The highest BCUT2D eigenvalue weighted by molar-refractivity contribution is 7.91. The number of aromatic nitrogens is 3. The smallest absolute Gasteiger partial charge is 0.324 e. The van der Waals surface area contributed by atoms with Gasteiger partial charge in [0.1, 0.15) is 9.79 Å². The number of benzene rings is 5. The Hall–Kier alpha value is -6.08. The first-order valence-electron chi connectivity index (χ1n) is 17.0. The van der Waals surface area contributed by atoms with Crippen molar-refractivity contribution in [1.29, 1.82) is 0 Å². The van der Waals surface area contributed by atoms with Crippen molar-refractivity contribution in [3.8, 4) is 0 Å². The molecule has 28 heteroatoms. The lowest BCUT2D eigenvalue weighted by Gasteiger charge is -2.13. The summed E-state index contributed by atoms with van der Waals surface area (Å²) in [6.45, 7) is 0.785. The highest BCUT2D eigenvalue weighted by atomic mass is 32.3. The lowest BCUT2D eigenvalue weighted by atomic mass is 10.1. The molecule has 6 rings (SSSR count). The number of sulfone groups is 1. The fourth-order valence-electron chi connectivity index (χ4n) is 5.54. The van der Waals surface area contributed by atoms with E-state index in [1.54, 1.807) is 13.0 Å². The fourth-order valence-corrected chi connectivity index (χ4v) is 8.97. The molecule has 0 saturated heterocycles. The van der Waals surface area contributed by atoms with Crippen LogP contribution in [-0.2, 0) is 54.8 Å². The molecule has 0 aliphatic rings. The zero-order valence-corrected chi connectivity index (χ0v) is 35.3. The van der Waals surface area contributed by atoms with Gasteiger partial charge in [0.15, 0.2) is 9.84 Å². The lowest BCUT2D eigenvalue weighted by Crippen LogP contribution is -2.15. The molecule has 7 N–H and O–H groups in total. The molecule has 0 saturated carbocycles. The summed E-state index contributed by atoms with van der Waals surface area (Å²) in [5.74, 6) is -1.16. The van der Waals surface area contributed by atoms with Crippen LogP contribution in [-0.4, -0.2) is 87.6 Å². The Morgan fingerprint density at radius 3 is 1.68 bits per heavy atom. The zero-order chi connectivity index (χ0) is 45.3. The maximum Gasteiger partial charge on any atom is 0.397 e. The number of anilines is 6. The number of rotatable bonds is 16. The van der Waals surface area contributed by atoms with Gasteiger partial charge in [-0.2, -0.15) is 58.9 Å². The van der Waals surface area contributed by atoms with Crippen molar-refractivity contribution < 1.29 is 64.5 Å². The van der Waals surface area contributed by atoms with Gasteiger partial charge in [0.2, 0.25) is 17.8 Å². The van der Waals surface area contributed by atoms with Gasteiger partial charge in [0, 0.05) is 27.8 Å². The van der Waals surface area contributed by atoms with Crippen molar-refractivity contribution >= 4 is 108 Å². The molecule has 0 unspecified atom stereocenters. The third-order valence-electron chi connectivity index (χ3n) is 8.26. The normalized spacial score (nSPS) is 12.7. The molecule has 326 valence electrons. The molecule has 0 aliphatic heterocycles. The second-order valence-electron chi connectivity index (χ2n) is 12.7. The van der Waals surface area contributed by atoms with E-state index in [0.717, 1.165) is 24.3 Å². The van der Waals surface area contributed by atoms with Crippen molar-refractivity contribution in [3.63, 3.8) is 0 Å². The van der Waals surface area contributed by atoms with Crippen LogP contribution in [0, 0.1) is 6.92 Å². The minimum absolute atomic E-state index is 0.0944. The number of azo groups is 1. The van der Waals surface area contributed by atoms with Crippen LogP contribution in [0.3, 0.4) is 0 Å². The van der Waals surface area contributed by atoms with Gasteiger partial charge in [-0.1, -0.05) is 18.2 Å². The third kappa shape index (κ3) is 11.6.